The standard InChI is InChI=1S/C21H16FNO2S/c1-14-2-4-17(5-3-14)21(25)26-20(16-6-8-18(22)9-7-16)19(24)15-10-12-23-13-11-15/h2-13,20H,1H3. The molecule has 2 aromatic carbocycles. The van der Waals surface area contributed by atoms with Crippen LogP contribution >= 0.6 is 11.8 Å². The highest BCUT2D eigenvalue weighted by atomic mass is 32.2. The lowest BCUT2D eigenvalue weighted by Crippen LogP contribution is -2.12. The van der Waals surface area contributed by atoms with Crippen LogP contribution in [0.4, 0.5) is 4.39 Å². The summed E-state index contributed by atoms with van der Waals surface area (Å²) in [4.78, 5) is 29.5. The van der Waals surface area contributed by atoms with E-state index in [0.29, 0.717) is 16.7 Å². The molecular weight excluding hydrogens is 349 g/mol. The van der Waals surface area contributed by atoms with Crippen molar-refractivity contribution in [2.75, 3.05) is 0 Å². The van der Waals surface area contributed by atoms with Crippen LogP contribution in [0.2, 0.25) is 0 Å². The molecule has 1 aromatic heterocycles. The van der Waals surface area contributed by atoms with E-state index in [9.17, 15) is 14.0 Å². The number of pyridine rings is 1. The number of thioether (sulfide) groups is 1. The van der Waals surface area contributed by atoms with Gasteiger partial charge in [-0.15, -0.1) is 0 Å². The molecule has 5 heteroatoms. The molecule has 0 saturated carbocycles. The van der Waals surface area contributed by atoms with Gasteiger partial charge in [-0.05, 0) is 36.8 Å². The Balaban J connectivity index is 1.92. The molecule has 0 radical (unpaired) electrons. The highest BCUT2D eigenvalue weighted by Crippen LogP contribution is 2.34. The normalized spacial score (nSPS) is 11.8. The summed E-state index contributed by atoms with van der Waals surface area (Å²) in [5, 5.41) is -0.964. The number of Topliss-reactive ketones (excluding diaryl/α,β-unsaturated/α-hetero) is 1. The summed E-state index contributed by atoms with van der Waals surface area (Å²) < 4.78 is 13.3. The molecule has 0 spiro atoms. The van der Waals surface area contributed by atoms with Gasteiger partial charge in [-0.3, -0.25) is 14.6 Å². The van der Waals surface area contributed by atoms with Gasteiger partial charge in [0.15, 0.2) is 5.78 Å². The molecule has 0 bridgehead atoms. The Morgan fingerprint density at radius 3 is 2.12 bits per heavy atom. The lowest BCUT2D eigenvalue weighted by Gasteiger charge is -2.15. The summed E-state index contributed by atoms with van der Waals surface area (Å²) in [6.45, 7) is 1.94. The van der Waals surface area contributed by atoms with Crippen molar-refractivity contribution in [2.45, 2.75) is 12.2 Å². The number of ketones is 1. The van der Waals surface area contributed by atoms with Crippen molar-refractivity contribution in [3.63, 3.8) is 0 Å². The fourth-order valence-corrected chi connectivity index (χ4v) is 3.47. The quantitative estimate of drug-likeness (QED) is 0.595. The Bertz CT molecular complexity index is 909. The van der Waals surface area contributed by atoms with Gasteiger partial charge < -0.3 is 0 Å². The van der Waals surface area contributed by atoms with Crippen LogP contribution in [-0.2, 0) is 0 Å². The molecule has 130 valence electrons. The molecule has 0 saturated heterocycles. The third-order valence-electron chi connectivity index (χ3n) is 3.89. The number of aromatic nitrogens is 1. The molecule has 3 nitrogen and oxygen atoms in total. The van der Waals surface area contributed by atoms with Crippen LogP contribution in [0.1, 0.15) is 37.1 Å². The minimum Gasteiger partial charge on any atom is -0.293 e. The Hall–Kier alpha value is -2.79. The molecule has 3 aromatic rings. The van der Waals surface area contributed by atoms with E-state index in [0.717, 1.165) is 17.3 Å². The summed E-state index contributed by atoms with van der Waals surface area (Å²) in [5.74, 6) is -0.608. The van der Waals surface area contributed by atoms with Gasteiger partial charge >= 0.3 is 0 Å². The number of aryl methyl sites for hydroxylation is 1. The van der Waals surface area contributed by atoms with Gasteiger partial charge in [-0.1, -0.05) is 53.7 Å². The summed E-state index contributed by atoms with van der Waals surface area (Å²) in [7, 11) is 0. The second kappa shape index (κ2) is 8.06. The van der Waals surface area contributed by atoms with Crippen molar-refractivity contribution in [1.82, 2.24) is 4.98 Å². The van der Waals surface area contributed by atoms with E-state index >= 15 is 0 Å². The highest BCUT2D eigenvalue weighted by Gasteiger charge is 2.26. The largest absolute Gasteiger partial charge is 0.293 e. The van der Waals surface area contributed by atoms with Crippen molar-refractivity contribution in [3.8, 4) is 0 Å². The third-order valence-corrected chi connectivity index (χ3v) is 5.06. The lowest BCUT2D eigenvalue weighted by atomic mass is 10.0. The predicted octanol–water partition coefficient (Wildman–Crippen LogP) is 5.03. The van der Waals surface area contributed by atoms with Crippen LogP contribution in [0.25, 0.3) is 0 Å². The minimum absolute atomic E-state index is 0.207. The van der Waals surface area contributed by atoms with Crippen molar-refractivity contribution in [2.24, 2.45) is 0 Å². The molecule has 3 rings (SSSR count). The molecule has 0 aliphatic carbocycles. The topological polar surface area (TPSA) is 47.0 Å². The van der Waals surface area contributed by atoms with Crippen LogP contribution in [0, 0.1) is 12.7 Å². The van der Waals surface area contributed by atoms with E-state index in [2.05, 4.69) is 4.98 Å². The van der Waals surface area contributed by atoms with Crippen LogP contribution < -0.4 is 0 Å². The molecule has 1 unspecified atom stereocenters. The van der Waals surface area contributed by atoms with Gasteiger partial charge in [0.05, 0.1) is 0 Å². The molecule has 0 amide bonds. The molecule has 0 aliphatic heterocycles. The first-order chi connectivity index (χ1) is 12.5. The van der Waals surface area contributed by atoms with Crippen LogP contribution in [-0.4, -0.2) is 15.9 Å². The number of nitrogens with zero attached hydrogens (tertiary/aromatic N) is 1. The number of carbonyl (C=O) groups is 2. The number of benzene rings is 2. The zero-order valence-electron chi connectivity index (χ0n) is 14.1. The molecular formula is C21H16FNO2S. The van der Waals surface area contributed by atoms with Gasteiger partial charge in [-0.25, -0.2) is 4.39 Å². The van der Waals surface area contributed by atoms with E-state index in [1.165, 1.54) is 36.7 Å². The van der Waals surface area contributed by atoms with Gasteiger partial charge in [-0.2, -0.15) is 0 Å². The van der Waals surface area contributed by atoms with Gasteiger partial charge in [0, 0.05) is 23.5 Å². The number of hydrogen-bond donors (Lipinski definition) is 0. The Kier molecular flexibility index (Phi) is 5.58. The predicted molar refractivity (Wildman–Crippen MR) is 101 cm³/mol. The summed E-state index contributed by atoms with van der Waals surface area (Å²) in [6, 6.07) is 16.1. The van der Waals surface area contributed by atoms with E-state index in [-0.39, 0.29) is 10.9 Å². The van der Waals surface area contributed by atoms with E-state index in [1.54, 1.807) is 24.3 Å². The molecule has 0 N–H and O–H groups in total. The summed E-state index contributed by atoms with van der Waals surface area (Å²) in [6.07, 6.45) is 3.06. The van der Waals surface area contributed by atoms with E-state index < -0.39 is 11.1 Å². The first-order valence-electron chi connectivity index (χ1n) is 8.02. The molecule has 0 fully saturated rings. The molecule has 1 heterocycles. The maximum Gasteiger partial charge on any atom is 0.220 e. The summed E-state index contributed by atoms with van der Waals surface area (Å²) >= 11 is 0.934. The smallest absolute Gasteiger partial charge is 0.220 e. The van der Waals surface area contributed by atoms with Crippen molar-refractivity contribution < 1.29 is 14.0 Å². The number of halogens is 1. The van der Waals surface area contributed by atoms with Crippen LogP contribution in [0.3, 0.4) is 0 Å². The lowest BCUT2D eigenvalue weighted by molar-refractivity contribution is 0.0983. The fraction of sp³-hybridized carbons (Fsp3) is 0.0952. The average Bonchev–Trinajstić information content (AvgIpc) is 2.67. The first kappa shape index (κ1) is 18.0. The third kappa shape index (κ3) is 4.24. The minimum atomic E-state index is -0.758. The Morgan fingerprint density at radius 1 is 0.885 bits per heavy atom. The second-order valence-corrected chi connectivity index (χ2v) is 6.88. The Morgan fingerprint density at radius 2 is 1.50 bits per heavy atom. The van der Waals surface area contributed by atoms with Crippen molar-refractivity contribution in [1.29, 1.82) is 0 Å². The first-order valence-corrected chi connectivity index (χ1v) is 8.90. The maximum atomic E-state index is 13.3. The van der Waals surface area contributed by atoms with Crippen LogP contribution in [0.5, 0.6) is 0 Å². The SMILES string of the molecule is Cc1ccc(C(=O)SC(C(=O)c2ccncc2)c2ccc(F)cc2)cc1. The maximum absolute atomic E-state index is 13.3. The van der Waals surface area contributed by atoms with Crippen molar-refractivity contribution >= 4 is 22.7 Å². The number of rotatable bonds is 5. The number of hydrogen-bond acceptors (Lipinski definition) is 4. The highest BCUT2D eigenvalue weighted by molar-refractivity contribution is 8.14. The fourth-order valence-electron chi connectivity index (χ4n) is 2.44. The van der Waals surface area contributed by atoms with E-state index in [1.807, 2.05) is 19.1 Å². The molecule has 26 heavy (non-hydrogen) atoms. The van der Waals surface area contributed by atoms with E-state index in [4.69, 9.17) is 0 Å². The van der Waals surface area contributed by atoms with Gasteiger partial charge in [0.1, 0.15) is 11.1 Å². The summed E-state index contributed by atoms with van der Waals surface area (Å²) in [5.41, 5.74) is 2.61. The van der Waals surface area contributed by atoms with Crippen LogP contribution in [0.15, 0.2) is 73.1 Å². The zero-order valence-corrected chi connectivity index (χ0v) is 14.9. The molecule has 1 atom stereocenters. The zero-order chi connectivity index (χ0) is 18.5. The monoisotopic (exact) mass is 365 g/mol. The second-order valence-electron chi connectivity index (χ2n) is 5.80. The Labute approximate surface area is 155 Å². The van der Waals surface area contributed by atoms with Gasteiger partial charge in [0.25, 0.3) is 0 Å². The molecule has 0 aliphatic rings. The van der Waals surface area contributed by atoms with Crippen molar-refractivity contribution in [3.05, 3.63) is 101 Å². The van der Waals surface area contributed by atoms with Gasteiger partial charge in [0.2, 0.25) is 5.12 Å². The number of carbonyl (C=O) groups excluding carboxylic acids is 2. The average molecular weight is 365 g/mol.